The Morgan fingerprint density at radius 1 is 1.03 bits per heavy atom. The summed E-state index contributed by atoms with van der Waals surface area (Å²) in [6, 6.07) is 7.78. The summed E-state index contributed by atoms with van der Waals surface area (Å²) in [6.45, 7) is 6.88. The summed E-state index contributed by atoms with van der Waals surface area (Å²) in [4.78, 5) is 29.0. The number of carbonyl (C=O) groups excluding carboxylic acids is 2. The van der Waals surface area contributed by atoms with Crippen LogP contribution in [0.5, 0.6) is 5.75 Å². The minimum Gasteiger partial charge on any atom is -0.487 e. The minimum atomic E-state index is -0.650. The molecule has 2 heterocycles. The first kappa shape index (κ1) is 27.0. The van der Waals surface area contributed by atoms with E-state index in [1.54, 1.807) is 39.0 Å². The molecule has 2 aromatic carbocycles. The zero-order chi connectivity index (χ0) is 26.7. The van der Waals surface area contributed by atoms with Crippen LogP contribution in [0.4, 0.5) is 25.0 Å². The zero-order valence-electron chi connectivity index (χ0n) is 21.2. The van der Waals surface area contributed by atoms with Crippen LogP contribution in [-0.4, -0.2) is 54.3 Å². The molecule has 2 aromatic rings. The van der Waals surface area contributed by atoms with Gasteiger partial charge in [-0.3, -0.25) is 9.69 Å². The van der Waals surface area contributed by atoms with Gasteiger partial charge in [0.2, 0.25) is 5.91 Å². The molecule has 2 aliphatic rings. The highest BCUT2D eigenvalue weighted by Gasteiger charge is 2.35. The fourth-order valence-corrected chi connectivity index (χ4v) is 4.83. The van der Waals surface area contributed by atoms with Crippen molar-refractivity contribution in [2.45, 2.75) is 64.2 Å². The third-order valence-corrected chi connectivity index (χ3v) is 6.58. The van der Waals surface area contributed by atoms with Gasteiger partial charge in [0, 0.05) is 37.0 Å². The van der Waals surface area contributed by atoms with Gasteiger partial charge in [-0.05, 0) is 70.4 Å². The van der Waals surface area contributed by atoms with E-state index in [2.05, 4.69) is 5.32 Å². The maximum atomic E-state index is 13.6. The Morgan fingerprint density at radius 3 is 2.43 bits per heavy atom. The van der Waals surface area contributed by atoms with Gasteiger partial charge in [-0.25, -0.2) is 13.6 Å². The number of anilines is 2. The van der Waals surface area contributed by atoms with Gasteiger partial charge in [-0.2, -0.15) is 0 Å². The molecule has 4 rings (SSSR count). The first-order chi connectivity index (χ1) is 17.5. The molecular formula is C27H32ClF2N3O4. The van der Waals surface area contributed by atoms with Crippen LogP contribution in [0.3, 0.4) is 0 Å². The molecule has 0 bridgehead atoms. The molecular weight excluding hydrogens is 504 g/mol. The van der Waals surface area contributed by atoms with E-state index in [1.807, 2.05) is 4.90 Å². The quantitative estimate of drug-likeness (QED) is 0.508. The molecule has 0 spiro atoms. The van der Waals surface area contributed by atoms with Crippen molar-refractivity contribution in [1.29, 1.82) is 0 Å². The molecule has 10 heteroatoms. The lowest BCUT2D eigenvalue weighted by Crippen LogP contribution is -2.51. The summed E-state index contributed by atoms with van der Waals surface area (Å²) < 4.78 is 38.7. The van der Waals surface area contributed by atoms with Gasteiger partial charge in [0.1, 0.15) is 35.1 Å². The second-order valence-corrected chi connectivity index (χ2v) is 10.8. The highest BCUT2D eigenvalue weighted by molar-refractivity contribution is 6.32. The van der Waals surface area contributed by atoms with Gasteiger partial charge in [-0.15, -0.1) is 0 Å². The van der Waals surface area contributed by atoms with Crippen molar-refractivity contribution in [2.75, 3.05) is 29.9 Å². The Balaban J connectivity index is 1.36. The number of carbonyl (C=O) groups is 2. The fraction of sp³-hybridized carbons (Fsp3) is 0.481. The molecule has 0 saturated carbocycles. The van der Waals surface area contributed by atoms with E-state index in [0.29, 0.717) is 54.6 Å². The van der Waals surface area contributed by atoms with E-state index in [1.165, 1.54) is 17.0 Å². The Bertz CT molecular complexity index is 1140. The summed E-state index contributed by atoms with van der Waals surface area (Å²) in [5.74, 6) is -1.10. The number of nitrogens with one attached hydrogen (secondary N) is 1. The standard InChI is InChI=1S/C27H32ClF2N3O4/c1-27(2,3)37-26(35)33-10-5-4-6-23(33)25(34)31-19-7-8-24(22(28)15-19)36-21-9-11-32(16-21)20-13-17(29)12-18(30)14-20/h7-8,12-15,21,23H,4-6,9-11,16H2,1-3H3,(H,31,34)/t21-,23+/m0/s1. The monoisotopic (exact) mass is 535 g/mol. The Morgan fingerprint density at radius 2 is 1.76 bits per heavy atom. The van der Waals surface area contributed by atoms with Crippen LogP contribution in [0.1, 0.15) is 46.5 Å². The average molecular weight is 536 g/mol. The van der Waals surface area contributed by atoms with E-state index in [-0.39, 0.29) is 12.0 Å². The number of benzene rings is 2. The maximum Gasteiger partial charge on any atom is 0.410 e. The molecule has 0 aromatic heterocycles. The number of amides is 2. The van der Waals surface area contributed by atoms with Gasteiger partial charge in [-0.1, -0.05) is 11.6 Å². The second kappa shape index (κ2) is 11.1. The summed E-state index contributed by atoms with van der Waals surface area (Å²) in [6.07, 6.45) is 2.15. The number of ether oxygens (including phenoxy) is 2. The van der Waals surface area contributed by atoms with Crippen molar-refractivity contribution in [3.63, 3.8) is 0 Å². The molecule has 2 fully saturated rings. The van der Waals surface area contributed by atoms with Crippen molar-refractivity contribution < 1.29 is 27.8 Å². The molecule has 0 radical (unpaired) electrons. The van der Waals surface area contributed by atoms with Crippen LogP contribution < -0.4 is 15.0 Å². The van der Waals surface area contributed by atoms with Crippen LogP contribution in [0.25, 0.3) is 0 Å². The molecule has 200 valence electrons. The topological polar surface area (TPSA) is 71.1 Å². The number of hydrogen-bond acceptors (Lipinski definition) is 5. The number of halogens is 3. The molecule has 0 unspecified atom stereocenters. The summed E-state index contributed by atoms with van der Waals surface area (Å²) in [5.41, 5.74) is 0.305. The molecule has 7 nitrogen and oxygen atoms in total. The largest absolute Gasteiger partial charge is 0.487 e. The predicted molar refractivity (Wildman–Crippen MR) is 138 cm³/mol. The molecule has 2 aliphatic heterocycles. The van der Waals surface area contributed by atoms with Gasteiger partial charge < -0.3 is 19.7 Å². The van der Waals surface area contributed by atoms with Gasteiger partial charge in [0.25, 0.3) is 0 Å². The molecule has 1 N–H and O–H groups in total. The summed E-state index contributed by atoms with van der Waals surface area (Å²) >= 11 is 6.45. The summed E-state index contributed by atoms with van der Waals surface area (Å²) in [5, 5.41) is 3.17. The van der Waals surface area contributed by atoms with E-state index in [9.17, 15) is 18.4 Å². The average Bonchev–Trinajstić information content (AvgIpc) is 3.28. The maximum absolute atomic E-state index is 13.6. The number of likely N-dealkylation sites (tertiary alicyclic amines) is 1. The molecule has 2 saturated heterocycles. The Hall–Kier alpha value is -3.07. The fourth-order valence-electron chi connectivity index (χ4n) is 4.60. The first-order valence-electron chi connectivity index (χ1n) is 12.5. The van der Waals surface area contributed by atoms with Gasteiger partial charge >= 0.3 is 6.09 Å². The Labute approximate surface area is 220 Å². The molecule has 2 atom stereocenters. The highest BCUT2D eigenvalue weighted by Crippen LogP contribution is 2.32. The SMILES string of the molecule is CC(C)(C)OC(=O)N1CCCC[C@@H]1C(=O)Nc1ccc(O[C@H]2CCN(c3cc(F)cc(F)c3)C2)c(Cl)c1. The van der Waals surface area contributed by atoms with Crippen LogP contribution in [0, 0.1) is 11.6 Å². The van der Waals surface area contributed by atoms with Crippen LogP contribution in [-0.2, 0) is 9.53 Å². The zero-order valence-corrected chi connectivity index (χ0v) is 22.0. The van der Waals surface area contributed by atoms with Crippen molar-refractivity contribution in [2.24, 2.45) is 0 Å². The van der Waals surface area contributed by atoms with Crippen LogP contribution >= 0.6 is 11.6 Å². The second-order valence-electron chi connectivity index (χ2n) is 10.4. The van der Waals surface area contributed by atoms with Crippen molar-refractivity contribution in [3.05, 3.63) is 53.1 Å². The third kappa shape index (κ3) is 7.03. The molecule has 0 aliphatic carbocycles. The van der Waals surface area contributed by atoms with E-state index in [0.717, 1.165) is 18.9 Å². The molecule has 37 heavy (non-hydrogen) atoms. The number of piperidine rings is 1. The number of nitrogens with zero attached hydrogens (tertiary/aromatic N) is 2. The lowest BCUT2D eigenvalue weighted by atomic mass is 10.0. The van der Waals surface area contributed by atoms with Crippen molar-refractivity contribution in [1.82, 2.24) is 4.90 Å². The first-order valence-corrected chi connectivity index (χ1v) is 12.8. The van der Waals surface area contributed by atoms with Crippen LogP contribution in [0.15, 0.2) is 36.4 Å². The summed E-state index contributed by atoms with van der Waals surface area (Å²) in [7, 11) is 0. The normalized spacial score (nSPS) is 20.1. The Kier molecular flexibility index (Phi) is 8.11. The predicted octanol–water partition coefficient (Wildman–Crippen LogP) is 6.00. The van der Waals surface area contributed by atoms with E-state index >= 15 is 0 Å². The smallest absolute Gasteiger partial charge is 0.410 e. The molecule has 2 amide bonds. The van der Waals surface area contributed by atoms with E-state index < -0.39 is 29.4 Å². The van der Waals surface area contributed by atoms with Gasteiger partial charge in [0.05, 0.1) is 11.6 Å². The van der Waals surface area contributed by atoms with Crippen molar-refractivity contribution in [3.8, 4) is 5.75 Å². The van der Waals surface area contributed by atoms with E-state index in [4.69, 9.17) is 21.1 Å². The minimum absolute atomic E-state index is 0.214. The van der Waals surface area contributed by atoms with Crippen molar-refractivity contribution >= 4 is 35.0 Å². The highest BCUT2D eigenvalue weighted by atomic mass is 35.5. The van der Waals surface area contributed by atoms with Crippen LogP contribution in [0.2, 0.25) is 5.02 Å². The van der Waals surface area contributed by atoms with Gasteiger partial charge in [0.15, 0.2) is 0 Å². The number of hydrogen-bond donors (Lipinski definition) is 1. The lowest BCUT2D eigenvalue weighted by molar-refractivity contribution is -0.122. The lowest BCUT2D eigenvalue weighted by Gasteiger charge is -2.35. The third-order valence-electron chi connectivity index (χ3n) is 6.28. The number of rotatable bonds is 5.